The Labute approximate surface area is 219 Å². The fraction of sp³-hybridized carbons (Fsp3) is 0.0714. The van der Waals surface area contributed by atoms with Gasteiger partial charge in [-0.1, -0.05) is 54.1 Å². The summed E-state index contributed by atoms with van der Waals surface area (Å²) < 4.78 is 39.3. The number of amides is 1. The van der Waals surface area contributed by atoms with E-state index >= 15 is 0 Å². The molecule has 1 N–H and O–H groups in total. The average Bonchev–Trinajstić information content (AvgIpc) is 2.89. The van der Waals surface area contributed by atoms with E-state index in [1.54, 1.807) is 42.5 Å². The van der Waals surface area contributed by atoms with Crippen LogP contribution in [-0.4, -0.2) is 26.4 Å². The molecule has 0 bridgehead atoms. The molecular weight excluding hydrogens is 515 g/mol. The summed E-state index contributed by atoms with van der Waals surface area (Å²) in [5.41, 5.74) is 2.19. The number of benzene rings is 4. The normalized spacial score (nSPS) is 11.1. The van der Waals surface area contributed by atoms with E-state index in [1.165, 1.54) is 54.6 Å². The lowest BCUT2D eigenvalue weighted by Crippen LogP contribution is -2.29. The highest BCUT2D eigenvalue weighted by Crippen LogP contribution is 2.26. The molecule has 4 rings (SSSR count). The van der Waals surface area contributed by atoms with Crippen molar-refractivity contribution in [2.24, 2.45) is 0 Å². The molecule has 0 heterocycles. The van der Waals surface area contributed by atoms with Crippen LogP contribution in [0.2, 0.25) is 5.02 Å². The van der Waals surface area contributed by atoms with Crippen molar-refractivity contribution in [3.05, 3.63) is 130 Å². The molecule has 1 amide bonds. The Morgan fingerprint density at radius 1 is 0.865 bits per heavy atom. The molecule has 188 valence electrons. The summed E-state index contributed by atoms with van der Waals surface area (Å²) in [4.78, 5) is 26.0. The van der Waals surface area contributed by atoms with E-state index in [4.69, 9.17) is 11.6 Å². The number of anilines is 2. The van der Waals surface area contributed by atoms with Gasteiger partial charge in [-0.15, -0.1) is 0 Å². The maximum Gasteiger partial charge on any atom is 0.255 e. The van der Waals surface area contributed by atoms with Crippen molar-refractivity contribution in [1.29, 1.82) is 0 Å². The minimum absolute atomic E-state index is 0.000386. The van der Waals surface area contributed by atoms with Crippen LogP contribution in [0.5, 0.6) is 0 Å². The van der Waals surface area contributed by atoms with Crippen molar-refractivity contribution in [3.8, 4) is 0 Å². The first-order valence-corrected chi connectivity index (χ1v) is 13.4. The van der Waals surface area contributed by atoms with Crippen molar-refractivity contribution >= 4 is 44.7 Å². The molecule has 0 unspecified atom stereocenters. The first-order chi connectivity index (χ1) is 17.6. The third kappa shape index (κ3) is 6.41. The monoisotopic (exact) mass is 536 g/mol. The lowest BCUT2D eigenvalue weighted by molar-refractivity contribution is 0.102. The van der Waals surface area contributed by atoms with Crippen LogP contribution >= 0.6 is 11.6 Å². The van der Waals surface area contributed by atoms with Crippen molar-refractivity contribution in [2.45, 2.75) is 6.54 Å². The summed E-state index contributed by atoms with van der Waals surface area (Å²) in [5.74, 6) is -1.20. The molecule has 0 fully saturated rings. The van der Waals surface area contributed by atoms with E-state index in [0.717, 1.165) is 10.6 Å². The Kier molecular flexibility index (Phi) is 7.71. The second-order valence-electron chi connectivity index (χ2n) is 8.28. The molecule has 0 aliphatic heterocycles. The zero-order valence-electron chi connectivity index (χ0n) is 19.7. The lowest BCUT2D eigenvalue weighted by atomic mass is 10.0. The number of hydrogen-bond acceptors (Lipinski definition) is 4. The minimum atomic E-state index is -3.66. The molecule has 0 aromatic heterocycles. The molecule has 4 aromatic rings. The van der Waals surface area contributed by atoms with Gasteiger partial charge in [0.25, 0.3) is 5.91 Å². The van der Waals surface area contributed by atoms with Crippen LogP contribution in [0.1, 0.15) is 31.8 Å². The van der Waals surface area contributed by atoms with Gasteiger partial charge in [-0.05, 0) is 60.2 Å². The average molecular weight is 537 g/mol. The van der Waals surface area contributed by atoms with Crippen LogP contribution < -0.4 is 9.62 Å². The van der Waals surface area contributed by atoms with Gasteiger partial charge >= 0.3 is 0 Å². The summed E-state index contributed by atoms with van der Waals surface area (Å²) in [6, 6.07) is 24.8. The van der Waals surface area contributed by atoms with Gasteiger partial charge in [0.1, 0.15) is 5.82 Å². The molecule has 0 aliphatic carbocycles. The van der Waals surface area contributed by atoms with Crippen LogP contribution in [-0.2, 0) is 16.6 Å². The van der Waals surface area contributed by atoms with Gasteiger partial charge in [0.2, 0.25) is 10.0 Å². The second kappa shape index (κ2) is 10.9. The quantitative estimate of drug-likeness (QED) is 0.283. The SMILES string of the molecule is CS(=O)(=O)N(Cc1ccc(F)cc1)c1ccc(C(=O)Nc2ccc(Cl)cc2C(=O)c2ccccc2)cc1. The molecule has 0 saturated heterocycles. The lowest BCUT2D eigenvalue weighted by Gasteiger charge is -2.23. The number of carbonyl (C=O) groups excluding carboxylic acids is 2. The highest BCUT2D eigenvalue weighted by molar-refractivity contribution is 7.92. The second-order valence-corrected chi connectivity index (χ2v) is 10.6. The van der Waals surface area contributed by atoms with Gasteiger partial charge < -0.3 is 5.32 Å². The third-order valence-corrected chi connectivity index (χ3v) is 6.94. The Balaban J connectivity index is 1.56. The number of nitrogens with zero attached hydrogens (tertiary/aromatic N) is 1. The van der Waals surface area contributed by atoms with Crippen molar-refractivity contribution < 1.29 is 22.4 Å². The van der Waals surface area contributed by atoms with E-state index in [9.17, 15) is 22.4 Å². The fourth-order valence-corrected chi connectivity index (χ4v) is 4.75. The van der Waals surface area contributed by atoms with Crippen molar-refractivity contribution in [2.75, 3.05) is 15.9 Å². The number of sulfonamides is 1. The van der Waals surface area contributed by atoms with Gasteiger partial charge in [0.15, 0.2) is 5.78 Å². The van der Waals surface area contributed by atoms with Crippen LogP contribution in [0.4, 0.5) is 15.8 Å². The molecular formula is C28H22ClFN2O4S. The van der Waals surface area contributed by atoms with Gasteiger partial charge in [0.05, 0.1) is 24.2 Å². The van der Waals surface area contributed by atoms with Crippen LogP contribution in [0, 0.1) is 5.82 Å². The topological polar surface area (TPSA) is 83.6 Å². The summed E-state index contributed by atoms with van der Waals surface area (Å²) in [7, 11) is -3.66. The number of hydrogen-bond donors (Lipinski definition) is 1. The van der Waals surface area contributed by atoms with Gasteiger partial charge in [-0.25, -0.2) is 12.8 Å². The van der Waals surface area contributed by atoms with E-state index in [1.807, 2.05) is 0 Å². The largest absolute Gasteiger partial charge is 0.321 e. The summed E-state index contributed by atoms with van der Waals surface area (Å²) >= 11 is 6.11. The molecule has 0 aliphatic rings. The smallest absolute Gasteiger partial charge is 0.255 e. The Hall–Kier alpha value is -4.01. The molecule has 0 spiro atoms. The summed E-state index contributed by atoms with van der Waals surface area (Å²) in [5, 5.41) is 3.09. The molecule has 0 saturated carbocycles. The standard InChI is InChI=1S/C28H22ClFN2O4S/c1-37(35,36)32(18-19-7-12-23(30)13-8-19)24-14-9-21(10-15-24)28(34)31-26-16-11-22(29)17-25(26)27(33)20-5-3-2-4-6-20/h2-17H,18H2,1H3,(H,31,34). The Morgan fingerprint density at radius 2 is 1.51 bits per heavy atom. The van der Waals surface area contributed by atoms with E-state index in [2.05, 4.69) is 5.32 Å². The number of nitrogens with one attached hydrogen (secondary N) is 1. The summed E-state index contributed by atoms with van der Waals surface area (Å²) in [6.07, 6.45) is 1.07. The molecule has 6 nitrogen and oxygen atoms in total. The highest BCUT2D eigenvalue weighted by atomic mass is 35.5. The Bertz CT molecular complexity index is 1540. The van der Waals surface area contributed by atoms with E-state index in [-0.39, 0.29) is 23.5 Å². The number of rotatable bonds is 8. The zero-order chi connectivity index (χ0) is 26.6. The van der Waals surface area contributed by atoms with Crippen LogP contribution in [0.25, 0.3) is 0 Å². The maximum atomic E-state index is 13.2. The first-order valence-electron chi connectivity index (χ1n) is 11.1. The van der Waals surface area contributed by atoms with Crippen molar-refractivity contribution in [1.82, 2.24) is 0 Å². The number of halogens is 2. The fourth-order valence-electron chi connectivity index (χ4n) is 3.69. The predicted octanol–water partition coefficient (Wildman–Crippen LogP) is 5.93. The van der Waals surface area contributed by atoms with Crippen LogP contribution in [0.15, 0.2) is 97.1 Å². The number of carbonyl (C=O) groups is 2. The number of ketones is 1. The Morgan fingerprint density at radius 3 is 2.14 bits per heavy atom. The van der Waals surface area contributed by atoms with Gasteiger partial charge in [-0.2, -0.15) is 0 Å². The van der Waals surface area contributed by atoms with Crippen LogP contribution in [0.3, 0.4) is 0 Å². The van der Waals surface area contributed by atoms with Gasteiger partial charge in [0, 0.05) is 21.7 Å². The minimum Gasteiger partial charge on any atom is -0.321 e. The zero-order valence-corrected chi connectivity index (χ0v) is 21.3. The molecule has 9 heteroatoms. The molecule has 37 heavy (non-hydrogen) atoms. The molecule has 4 aromatic carbocycles. The van der Waals surface area contributed by atoms with E-state index in [0.29, 0.717) is 27.5 Å². The van der Waals surface area contributed by atoms with Gasteiger partial charge in [-0.3, -0.25) is 13.9 Å². The highest BCUT2D eigenvalue weighted by Gasteiger charge is 2.20. The van der Waals surface area contributed by atoms with E-state index < -0.39 is 21.7 Å². The van der Waals surface area contributed by atoms with Crippen molar-refractivity contribution in [3.63, 3.8) is 0 Å². The third-order valence-electron chi connectivity index (χ3n) is 5.57. The first kappa shape index (κ1) is 26.1. The predicted molar refractivity (Wildman–Crippen MR) is 143 cm³/mol. The molecule has 0 atom stereocenters. The summed E-state index contributed by atoms with van der Waals surface area (Å²) in [6.45, 7) is 0.000386. The molecule has 0 radical (unpaired) electrons. The maximum absolute atomic E-state index is 13.2.